The molecule has 6 heteroatoms. The highest BCUT2D eigenvalue weighted by Gasteiger charge is 2.33. The molecular formula is C20H22N2O4. The Kier molecular flexibility index (Phi) is 5.86. The molecule has 0 unspecified atom stereocenters. The third-order valence-electron chi connectivity index (χ3n) is 4.30. The van der Waals surface area contributed by atoms with Crippen LogP contribution in [0.4, 0.5) is 5.69 Å². The number of nitrogens with zero attached hydrogens (tertiary/aromatic N) is 1. The maximum atomic E-state index is 12.4. The third-order valence-corrected chi connectivity index (χ3v) is 4.30. The van der Waals surface area contributed by atoms with Crippen molar-refractivity contribution >= 4 is 17.6 Å². The Morgan fingerprint density at radius 3 is 2.81 bits per heavy atom. The van der Waals surface area contributed by atoms with Crippen LogP contribution >= 0.6 is 0 Å². The highest BCUT2D eigenvalue weighted by Crippen LogP contribution is 2.19. The lowest BCUT2D eigenvalue weighted by Gasteiger charge is -2.33. The fraction of sp³-hybridized carbons (Fsp3) is 0.300. The second-order valence-electron chi connectivity index (χ2n) is 6.12. The largest absolute Gasteiger partial charge is 0.497 e. The zero-order valence-electron chi connectivity index (χ0n) is 14.7. The molecule has 136 valence electrons. The number of ether oxygens (including phenoxy) is 2. The van der Waals surface area contributed by atoms with Gasteiger partial charge >= 0.3 is 5.97 Å². The van der Waals surface area contributed by atoms with E-state index in [4.69, 9.17) is 9.47 Å². The fourth-order valence-electron chi connectivity index (χ4n) is 2.97. The molecule has 3 rings (SSSR count). The standard InChI is InChI=1S/C20H22N2O4/c1-25-17-9-5-8-16(12-17)21-19(23)13-18-20(24)26-11-10-22(18)14-15-6-3-2-4-7-15/h2-9,12,18H,10-11,13-14H2,1H3,(H,21,23)/t18-/m1/s1. The van der Waals surface area contributed by atoms with Crippen LogP contribution in [0.1, 0.15) is 12.0 Å². The average Bonchev–Trinajstić information content (AvgIpc) is 2.65. The normalized spacial score (nSPS) is 17.4. The Balaban J connectivity index is 1.66. The minimum absolute atomic E-state index is 0.0445. The molecule has 0 spiro atoms. The van der Waals surface area contributed by atoms with E-state index in [1.165, 1.54) is 0 Å². The zero-order chi connectivity index (χ0) is 18.4. The van der Waals surface area contributed by atoms with Crippen molar-refractivity contribution in [1.29, 1.82) is 0 Å². The lowest BCUT2D eigenvalue weighted by Crippen LogP contribution is -2.49. The molecule has 1 N–H and O–H groups in total. The Labute approximate surface area is 152 Å². The highest BCUT2D eigenvalue weighted by atomic mass is 16.5. The van der Waals surface area contributed by atoms with Crippen LogP contribution in [0, 0.1) is 0 Å². The summed E-state index contributed by atoms with van der Waals surface area (Å²) in [6.07, 6.45) is 0.0445. The van der Waals surface area contributed by atoms with Crippen LogP contribution in [0.2, 0.25) is 0 Å². The lowest BCUT2D eigenvalue weighted by atomic mass is 10.1. The molecule has 0 radical (unpaired) electrons. The number of hydrogen-bond donors (Lipinski definition) is 1. The fourth-order valence-corrected chi connectivity index (χ4v) is 2.97. The van der Waals surface area contributed by atoms with Gasteiger partial charge in [-0.2, -0.15) is 0 Å². The Morgan fingerprint density at radius 2 is 2.04 bits per heavy atom. The number of nitrogens with one attached hydrogen (secondary N) is 1. The molecule has 1 atom stereocenters. The summed E-state index contributed by atoms with van der Waals surface area (Å²) in [6.45, 7) is 1.56. The van der Waals surface area contributed by atoms with E-state index in [9.17, 15) is 9.59 Å². The average molecular weight is 354 g/mol. The van der Waals surface area contributed by atoms with Crippen molar-refractivity contribution in [3.8, 4) is 5.75 Å². The van der Waals surface area contributed by atoms with Gasteiger partial charge in [-0.05, 0) is 17.7 Å². The highest BCUT2D eigenvalue weighted by molar-refractivity contribution is 5.94. The Morgan fingerprint density at radius 1 is 1.23 bits per heavy atom. The van der Waals surface area contributed by atoms with E-state index < -0.39 is 6.04 Å². The van der Waals surface area contributed by atoms with Crippen molar-refractivity contribution < 1.29 is 19.1 Å². The van der Waals surface area contributed by atoms with Crippen molar-refractivity contribution in [2.24, 2.45) is 0 Å². The monoisotopic (exact) mass is 354 g/mol. The summed E-state index contributed by atoms with van der Waals surface area (Å²) in [5.41, 5.74) is 1.73. The smallest absolute Gasteiger partial charge is 0.323 e. The minimum atomic E-state index is -0.588. The summed E-state index contributed by atoms with van der Waals surface area (Å²) in [4.78, 5) is 26.6. The molecule has 0 bridgehead atoms. The van der Waals surface area contributed by atoms with Gasteiger partial charge in [0.1, 0.15) is 18.4 Å². The molecule has 6 nitrogen and oxygen atoms in total. The number of morpholine rings is 1. The summed E-state index contributed by atoms with van der Waals surface area (Å²) < 4.78 is 10.3. The molecule has 1 heterocycles. The van der Waals surface area contributed by atoms with E-state index in [-0.39, 0.29) is 18.3 Å². The van der Waals surface area contributed by atoms with Gasteiger partial charge in [-0.25, -0.2) is 0 Å². The number of esters is 1. The molecule has 2 aromatic carbocycles. The minimum Gasteiger partial charge on any atom is -0.497 e. The number of rotatable bonds is 6. The van der Waals surface area contributed by atoms with Gasteiger partial charge in [-0.1, -0.05) is 36.4 Å². The number of cyclic esters (lactones) is 1. The Bertz CT molecular complexity index is 763. The quantitative estimate of drug-likeness (QED) is 0.807. The van der Waals surface area contributed by atoms with Gasteiger partial charge < -0.3 is 14.8 Å². The van der Waals surface area contributed by atoms with Crippen LogP contribution in [0.5, 0.6) is 5.75 Å². The van der Waals surface area contributed by atoms with Crippen molar-refractivity contribution in [2.75, 3.05) is 25.6 Å². The van der Waals surface area contributed by atoms with Crippen LogP contribution < -0.4 is 10.1 Å². The molecule has 0 aromatic heterocycles. The van der Waals surface area contributed by atoms with Crippen molar-refractivity contribution in [1.82, 2.24) is 4.90 Å². The molecule has 26 heavy (non-hydrogen) atoms. The topological polar surface area (TPSA) is 67.9 Å². The molecule has 2 aromatic rings. The van der Waals surface area contributed by atoms with Gasteiger partial charge in [0.15, 0.2) is 0 Å². The number of anilines is 1. The number of hydrogen-bond acceptors (Lipinski definition) is 5. The number of carbonyl (C=O) groups excluding carboxylic acids is 2. The third kappa shape index (κ3) is 4.61. The van der Waals surface area contributed by atoms with E-state index in [1.54, 1.807) is 31.4 Å². The van der Waals surface area contributed by atoms with Gasteiger partial charge in [0, 0.05) is 24.8 Å². The van der Waals surface area contributed by atoms with E-state index in [2.05, 4.69) is 5.32 Å². The molecule has 1 aliphatic heterocycles. The van der Waals surface area contributed by atoms with Gasteiger partial charge in [0.05, 0.1) is 13.5 Å². The van der Waals surface area contributed by atoms with Crippen LogP contribution in [0.3, 0.4) is 0 Å². The number of carbonyl (C=O) groups is 2. The van der Waals surface area contributed by atoms with Crippen LogP contribution in [0.15, 0.2) is 54.6 Å². The maximum absolute atomic E-state index is 12.4. The summed E-state index contributed by atoms with van der Waals surface area (Å²) in [6, 6.07) is 16.4. The number of amides is 1. The molecule has 1 amide bonds. The molecule has 1 saturated heterocycles. The maximum Gasteiger partial charge on any atom is 0.323 e. The van der Waals surface area contributed by atoms with Crippen molar-refractivity contribution in [3.05, 3.63) is 60.2 Å². The van der Waals surface area contributed by atoms with Gasteiger partial charge in [0.2, 0.25) is 5.91 Å². The summed E-state index contributed by atoms with van der Waals surface area (Å²) >= 11 is 0. The first-order valence-corrected chi connectivity index (χ1v) is 8.54. The molecule has 1 aliphatic rings. The van der Waals surface area contributed by atoms with Gasteiger partial charge in [-0.15, -0.1) is 0 Å². The lowest BCUT2D eigenvalue weighted by molar-refractivity contribution is -0.159. The van der Waals surface area contributed by atoms with E-state index in [1.807, 2.05) is 35.2 Å². The van der Waals surface area contributed by atoms with E-state index in [0.717, 1.165) is 5.56 Å². The Hall–Kier alpha value is -2.86. The first-order valence-electron chi connectivity index (χ1n) is 8.54. The summed E-state index contributed by atoms with van der Waals surface area (Å²) in [5.74, 6) is 0.0683. The van der Waals surface area contributed by atoms with Crippen LogP contribution in [-0.4, -0.2) is 43.1 Å². The molecule has 1 fully saturated rings. The van der Waals surface area contributed by atoms with Crippen molar-refractivity contribution in [3.63, 3.8) is 0 Å². The van der Waals surface area contributed by atoms with E-state index >= 15 is 0 Å². The molecule has 0 saturated carbocycles. The first kappa shape index (κ1) is 17.9. The SMILES string of the molecule is COc1cccc(NC(=O)C[C@@H]2C(=O)OCCN2Cc2ccccc2)c1. The first-order chi connectivity index (χ1) is 12.7. The van der Waals surface area contributed by atoms with Gasteiger partial charge in [-0.3, -0.25) is 14.5 Å². The van der Waals surface area contributed by atoms with E-state index in [0.29, 0.717) is 31.1 Å². The second-order valence-corrected chi connectivity index (χ2v) is 6.12. The van der Waals surface area contributed by atoms with Gasteiger partial charge in [0.25, 0.3) is 0 Å². The zero-order valence-corrected chi connectivity index (χ0v) is 14.7. The predicted octanol–water partition coefficient (Wildman–Crippen LogP) is 2.45. The predicted molar refractivity (Wildman–Crippen MR) is 97.8 cm³/mol. The second kappa shape index (κ2) is 8.49. The summed E-state index contributed by atoms with van der Waals surface area (Å²) in [7, 11) is 1.57. The number of methoxy groups -OCH3 is 1. The number of benzene rings is 2. The molecular weight excluding hydrogens is 332 g/mol. The van der Waals surface area contributed by atoms with Crippen molar-refractivity contribution in [2.45, 2.75) is 19.0 Å². The summed E-state index contributed by atoms with van der Waals surface area (Å²) in [5, 5.41) is 2.82. The van der Waals surface area contributed by atoms with Crippen LogP contribution in [0.25, 0.3) is 0 Å². The molecule has 0 aliphatic carbocycles. The van der Waals surface area contributed by atoms with Crippen LogP contribution in [-0.2, 0) is 20.9 Å².